The molecule has 0 bridgehead atoms. The first-order chi connectivity index (χ1) is 13.7. The van der Waals surface area contributed by atoms with E-state index in [1.54, 1.807) is 42.6 Å². The number of nitro groups is 1. The highest BCUT2D eigenvalue weighted by molar-refractivity contribution is 5.69. The number of pyridine rings is 1. The lowest BCUT2D eigenvalue weighted by atomic mass is 10.3. The van der Waals surface area contributed by atoms with E-state index in [0.717, 1.165) is 18.6 Å². The van der Waals surface area contributed by atoms with Crippen LogP contribution < -0.4 is 14.8 Å². The van der Waals surface area contributed by atoms with Gasteiger partial charge in [-0.05, 0) is 42.8 Å². The fourth-order valence-corrected chi connectivity index (χ4v) is 2.32. The third kappa shape index (κ3) is 4.91. The Bertz CT molecular complexity index is 919. The number of benzene rings is 1. The fourth-order valence-electron chi connectivity index (χ4n) is 2.32. The molecule has 0 spiro atoms. The van der Waals surface area contributed by atoms with Crippen molar-refractivity contribution in [1.82, 2.24) is 15.0 Å². The third-order valence-electron chi connectivity index (χ3n) is 3.70. The first-order valence-corrected chi connectivity index (χ1v) is 8.74. The number of ether oxygens (including phenoxy) is 2. The van der Waals surface area contributed by atoms with Crippen LogP contribution in [0.2, 0.25) is 0 Å². The van der Waals surface area contributed by atoms with Crippen molar-refractivity contribution in [1.29, 1.82) is 0 Å². The summed E-state index contributed by atoms with van der Waals surface area (Å²) in [6.07, 6.45) is 6.25. The molecule has 0 amide bonds. The van der Waals surface area contributed by atoms with Crippen molar-refractivity contribution >= 4 is 17.2 Å². The van der Waals surface area contributed by atoms with Crippen LogP contribution in [0.5, 0.6) is 17.4 Å². The van der Waals surface area contributed by atoms with Gasteiger partial charge in [0.05, 0.1) is 17.7 Å². The van der Waals surface area contributed by atoms with Gasteiger partial charge in [-0.1, -0.05) is 13.3 Å². The zero-order valence-corrected chi connectivity index (χ0v) is 15.2. The molecule has 144 valence electrons. The van der Waals surface area contributed by atoms with Crippen molar-refractivity contribution in [2.45, 2.75) is 19.8 Å². The van der Waals surface area contributed by atoms with E-state index in [4.69, 9.17) is 9.47 Å². The smallest absolute Gasteiger partial charge is 0.373 e. The molecule has 2 heterocycles. The SMILES string of the molecule is CCCCOc1ccc(Nc2ncnc(Oc3cccnc3)c2[N+](=O)[O-])cc1. The minimum absolute atomic E-state index is 0.0264. The van der Waals surface area contributed by atoms with Gasteiger partial charge in [-0.25, -0.2) is 4.98 Å². The predicted octanol–water partition coefficient (Wildman–Crippen LogP) is 4.49. The Morgan fingerprint density at radius 1 is 1.14 bits per heavy atom. The number of rotatable bonds is 9. The second-order valence-corrected chi connectivity index (χ2v) is 5.78. The summed E-state index contributed by atoms with van der Waals surface area (Å²) in [7, 11) is 0. The average molecular weight is 381 g/mol. The molecule has 28 heavy (non-hydrogen) atoms. The van der Waals surface area contributed by atoms with Crippen LogP contribution in [0.4, 0.5) is 17.2 Å². The number of unbranched alkanes of at least 4 members (excludes halogenated alkanes) is 1. The van der Waals surface area contributed by atoms with Gasteiger partial charge in [-0.15, -0.1) is 0 Å². The summed E-state index contributed by atoms with van der Waals surface area (Å²) in [6, 6.07) is 10.4. The van der Waals surface area contributed by atoms with Crippen LogP contribution in [0.15, 0.2) is 55.1 Å². The molecule has 1 N–H and O–H groups in total. The second-order valence-electron chi connectivity index (χ2n) is 5.78. The highest BCUT2D eigenvalue weighted by Crippen LogP contribution is 2.35. The Labute approximate surface area is 161 Å². The molecule has 0 aliphatic carbocycles. The molecule has 0 radical (unpaired) electrons. The Morgan fingerprint density at radius 2 is 1.96 bits per heavy atom. The molecular weight excluding hydrogens is 362 g/mol. The van der Waals surface area contributed by atoms with Gasteiger partial charge in [-0.2, -0.15) is 4.98 Å². The van der Waals surface area contributed by atoms with Crippen LogP contribution in [0.25, 0.3) is 0 Å². The van der Waals surface area contributed by atoms with Gasteiger partial charge in [0.1, 0.15) is 17.8 Å². The second kappa shape index (κ2) is 9.26. The van der Waals surface area contributed by atoms with Crippen LogP contribution in [-0.4, -0.2) is 26.5 Å². The fraction of sp³-hybridized carbons (Fsp3) is 0.211. The number of nitrogens with one attached hydrogen (secondary N) is 1. The van der Waals surface area contributed by atoms with Crippen molar-refractivity contribution in [3.05, 3.63) is 65.2 Å². The average Bonchev–Trinajstić information content (AvgIpc) is 2.70. The zero-order chi connectivity index (χ0) is 19.8. The van der Waals surface area contributed by atoms with Crippen LogP contribution in [0.3, 0.4) is 0 Å². The van der Waals surface area contributed by atoms with Crippen molar-refractivity contribution in [3.63, 3.8) is 0 Å². The van der Waals surface area contributed by atoms with Crippen molar-refractivity contribution in [2.75, 3.05) is 11.9 Å². The monoisotopic (exact) mass is 381 g/mol. The summed E-state index contributed by atoms with van der Waals surface area (Å²) >= 11 is 0. The quantitative estimate of drug-likeness (QED) is 0.328. The van der Waals surface area contributed by atoms with Gasteiger partial charge in [0.2, 0.25) is 5.82 Å². The van der Waals surface area contributed by atoms with Crippen molar-refractivity contribution in [3.8, 4) is 17.4 Å². The van der Waals surface area contributed by atoms with Crippen LogP contribution in [0.1, 0.15) is 19.8 Å². The maximum Gasteiger partial charge on any atom is 0.373 e. The van der Waals surface area contributed by atoms with E-state index in [1.807, 2.05) is 0 Å². The lowest BCUT2D eigenvalue weighted by Crippen LogP contribution is -2.03. The summed E-state index contributed by atoms with van der Waals surface area (Å²) in [4.78, 5) is 22.8. The topological polar surface area (TPSA) is 112 Å². The summed E-state index contributed by atoms with van der Waals surface area (Å²) in [5.74, 6) is 0.925. The molecule has 1 aromatic carbocycles. The highest BCUT2D eigenvalue weighted by Gasteiger charge is 2.25. The van der Waals surface area contributed by atoms with E-state index in [1.165, 1.54) is 12.5 Å². The molecule has 9 nitrogen and oxygen atoms in total. The van der Waals surface area contributed by atoms with Gasteiger partial charge in [0, 0.05) is 11.9 Å². The number of hydrogen-bond donors (Lipinski definition) is 1. The first-order valence-electron chi connectivity index (χ1n) is 8.74. The molecule has 0 saturated heterocycles. The zero-order valence-electron chi connectivity index (χ0n) is 15.2. The Balaban J connectivity index is 1.80. The highest BCUT2D eigenvalue weighted by atomic mass is 16.6. The predicted molar refractivity (Wildman–Crippen MR) is 103 cm³/mol. The molecule has 0 saturated carbocycles. The maximum atomic E-state index is 11.6. The van der Waals surface area contributed by atoms with Gasteiger partial charge in [0.25, 0.3) is 0 Å². The Hall–Kier alpha value is -3.75. The van der Waals surface area contributed by atoms with Crippen LogP contribution >= 0.6 is 0 Å². The molecule has 0 aliphatic rings. The molecule has 3 aromatic rings. The van der Waals surface area contributed by atoms with Crippen molar-refractivity contribution in [2.24, 2.45) is 0 Å². The van der Waals surface area contributed by atoms with E-state index >= 15 is 0 Å². The minimum atomic E-state index is -0.587. The Morgan fingerprint density at radius 3 is 2.64 bits per heavy atom. The lowest BCUT2D eigenvalue weighted by Gasteiger charge is -2.10. The summed E-state index contributed by atoms with van der Waals surface area (Å²) in [5.41, 5.74) is 0.256. The molecular formula is C19H19N5O4. The summed E-state index contributed by atoms with van der Waals surface area (Å²) < 4.78 is 11.1. The van der Waals surface area contributed by atoms with Crippen LogP contribution in [-0.2, 0) is 0 Å². The summed E-state index contributed by atoms with van der Waals surface area (Å²) in [6.45, 7) is 2.74. The number of nitrogens with zero attached hydrogens (tertiary/aromatic N) is 4. The third-order valence-corrected chi connectivity index (χ3v) is 3.70. The number of aromatic nitrogens is 3. The van der Waals surface area contributed by atoms with Crippen molar-refractivity contribution < 1.29 is 14.4 Å². The van der Waals surface area contributed by atoms with E-state index in [-0.39, 0.29) is 17.4 Å². The first kappa shape index (κ1) is 19.0. The molecule has 9 heteroatoms. The standard InChI is InChI=1S/C19H19N5O4/c1-2-3-11-27-15-8-6-14(7-9-15)23-18-17(24(25)26)19(22-13-21-18)28-16-5-4-10-20-12-16/h4-10,12-13H,2-3,11H2,1H3,(H,21,22,23). The van der Waals surface area contributed by atoms with E-state index in [2.05, 4.69) is 27.2 Å². The maximum absolute atomic E-state index is 11.6. The normalized spacial score (nSPS) is 10.3. The molecule has 3 rings (SSSR count). The van der Waals surface area contributed by atoms with Crippen LogP contribution in [0, 0.1) is 10.1 Å². The number of hydrogen-bond acceptors (Lipinski definition) is 8. The van der Waals surface area contributed by atoms with Gasteiger partial charge in [-0.3, -0.25) is 15.1 Å². The van der Waals surface area contributed by atoms with E-state index in [0.29, 0.717) is 18.0 Å². The largest absolute Gasteiger partial charge is 0.494 e. The van der Waals surface area contributed by atoms with Gasteiger partial charge in [0.15, 0.2) is 0 Å². The lowest BCUT2D eigenvalue weighted by molar-refractivity contribution is -0.385. The van der Waals surface area contributed by atoms with Gasteiger partial charge < -0.3 is 14.8 Å². The number of anilines is 2. The minimum Gasteiger partial charge on any atom is -0.494 e. The molecule has 0 unspecified atom stereocenters. The molecule has 0 fully saturated rings. The van der Waals surface area contributed by atoms with E-state index in [9.17, 15) is 10.1 Å². The summed E-state index contributed by atoms with van der Waals surface area (Å²) in [5, 5.41) is 14.5. The molecule has 0 atom stereocenters. The molecule has 2 aromatic heterocycles. The Kier molecular flexibility index (Phi) is 6.29. The van der Waals surface area contributed by atoms with Gasteiger partial charge >= 0.3 is 11.6 Å². The molecule has 0 aliphatic heterocycles. The van der Waals surface area contributed by atoms with E-state index < -0.39 is 4.92 Å².